The number of carbonyl (C=O) groups excluding carboxylic acids is 1. The summed E-state index contributed by atoms with van der Waals surface area (Å²) >= 11 is 0. The van der Waals surface area contributed by atoms with Crippen LogP contribution in [0.1, 0.15) is 40.0 Å². The third-order valence-corrected chi connectivity index (χ3v) is 4.61. The lowest BCUT2D eigenvalue weighted by atomic mass is 9.70. The van der Waals surface area contributed by atoms with Gasteiger partial charge in [-0.05, 0) is 30.6 Å². The van der Waals surface area contributed by atoms with Crippen LogP contribution >= 0.6 is 0 Å². The molecule has 1 amide bonds. The molecule has 1 aromatic carbocycles. The van der Waals surface area contributed by atoms with Crippen LogP contribution in [0.2, 0.25) is 0 Å². The lowest BCUT2D eigenvalue weighted by molar-refractivity contribution is -0.123. The van der Waals surface area contributed by atoms with Crippen molar-refractivity contribution in [3.8, 4) is 0 Å². The number of carbonyl (C=O) groups is 1. The van der Waals surface area contributed by atoms with Crippen LogP contribution in [-0.2, 0) is 4.79 Å². The molecule has 0 unspecified atom stereocenters. The number of benzene rings is 1. The third kappa shape index (κ3) is 3.62. The van der Waals surface area contributed by atoms with Crippen molar-refractivity contribution < 1.29 is 18.0 Å². The molecule has 1 saturated carbocycles. The fraction of sp³-hybridized carbons (Fsp3) is 0.588. The molecule has 1 aliphatic rings. The van der Waals surface area contributed by atoms with Crippen molar-refractivity contribution in [2.75, 3.05) is 5.32 Å². The molecule has 22 heavy (non-hydrogen) atoms. The van der Waals surface area contributed by atoms with Crippen LogP contribution < -0.4 is 5.32 Å². The van der Waals surface area contributed by atoms with Gasteiger partial charge in [-0.15, -0.1) is 0 Å². The fourth-order valence-corrected chi connectivity index (χ4v) is 3.37. The minimum atomic E-state index is -1.52. The van der Waals surface area contributed by atoms with Gasteiger partial charge < -0.3 is 5.32 Å². The maximum absolute atomic E-state index is 13.2. The van der Waals surface area contributed by atoms with Crippen LogP contribution in [0, 0.1) is 41.1 Å². The Hall–Kier alpha value is -1.52. The topological polar surface area (TPSA) is 29.1 Å². The largest absolute Gasteiger partial charge is 0.326 e. The van der Waals surface area contributed by atoms with E-state index in [1.165, 1.54) is 0 Å². The molecular weight excluding hydrogens is 291 g/mol. The minimum Gasteiger partial charge on any atom is -0.326 e. The summed E-state index contributed by atoms with van der Waals surface area (Å²) in [5, 5.41) is 2.54. The molecule has 122 valence electrons. The number of rotatable bonds is 3. The molecule has 2 nitrogen and oxygen atoms in total. The van der Waals surface area contributed by atoms with Crippen molar-refractivity contribution in [3.63, 3.8) is 0 Å². The van der Waals surface area contributed by atoms with Crippen molar-refractivity contribution in [2.24, 2.45) is 23.7 Å². The highest BCUT2D eigenvalue weighted by molar-refractivity contribution is 5.92. The van der Waals surface area contributed by atoms with E-state index in [0.29, 0.717) is 11.8 Å². The summed E-state index contributed by atoms with van der Waals surface area (Å²) in [4.78, 5) is 12.5. The Morgan fingerprint density at radius 2 is 1.77 bits per heavy atom. The van der Waals surface area contributed by atoms with E-state index in [9.17, 15) is 18.0 Å². The second-order valence-electron chi connectivity index (χ2n) is 6.68. The van der Waals surface area contributed by atoms with Gasteiger partial charge in [0.15, 0.2) is 17.5 Å². The molecule has 0 spiro atoms. The monoisotopic (exact) mass is 313 g/mol. The molecule has 3 atom stereocenters. The number of amides is 1. The fourth-order valence-electron chi connectivity index (χ4n) is 3.37. The first-order chi connectivity index (χ1) is 10.3. The predicted octanol–water partition coefficient (Wildman–Crippen LogP) is 4.75. The summed E-state index contributed by atoms with van der Waals surface area (Å²) in [6, 6.07) is 1.62. The van der Waals surface area contributed by atoms with Gasteiger partial charge in [-0.25, -0.2) is 13.2 Å². The molecule has 0 bridgehead atoms. The van der Waals surface area contributed by atoms with E-state index < -0.39 is 17.5 Å². The van der Waals surface area contributed by atoms with Crippen molar-refractivity contribution in [1.82, 2.24) is 0 Å². The zero-order valence-electron chi connectivity index (χ0n) is 13.1. The molecule has 1 fully saturated rings. The number of hydrogen-bond donors (Lipinski definition) is 1. The smallest absolute Gasteiger partial charge is 0.227 e. The van der Waals surface area contributed by atoms with Crippen LogP contribution in [0.5, 0.6) is 0 Å². The standard InChI is InChI=1S/C17H22F3NO/c1-9(2)12-5-4-10(3)6-13(12)17(22)21-11-7-14(18)16(20)15(19)8-11/h7-10,12-13H,4-6H2,1-3H3,(H,21,22)/t10-,12+,13-/m1/s1. The van der Waals surface area contributed by atoms with Gasteiger partial charge in [0.25, 0.3) is 0 Å². The number of halogens is 3. The van der Waals surface area contributed by atoms with Crippen molar-refractivity contribution in [3.05, 3.63) is 29.6 Å². The molecule has 5 heteroatoms. The van der Waals surface area contributed by atoms with E-state index in [1.54, 1.807) is 0 Å². The molecule has 0 heterocycles. The molecular formula is C17H22F3NO. The summed E-state index contributed by atoms with van der Waals surface area (Å²) in [5.74, 6) is -3.47. The summed E-state index contributed by atoms with van der Waals surface area (Å²) in [5.41, 5.74) is -0.0397. The quantitative estimate of drug-likeness (QED) is 0.802. The number of hydrogen-bond acceptors (Lipinski definition) is 1. The number of nitrogens with one attached hydrogen (secondary N) is 1. The molecule has 0 aliphatic heterocycles. The van der Waals surface area contributed by atoms with Crippen LogP contribution in [0.4, 0.5) is 18.9 Å². The maximum atomic E-state index is 13.2. The van der Waals surface area contributed by atoms with Gasteiger partial charge in [0.2, 0.25) is 5.91 Å². The van der Waals surface area contributed by atoms with Crippen molar-refractivity contribution in [1.29, 1.82) is 0 Å². The Balaban J connectivity index is 2.16. The molecule has 1 N–H and O–H groups in total. The molecule has 0 saturated heterocycles. The van der Waals surface area contributed by atoms with E-state index in [4.69, 9.17) is 0 Å². The number of anilines is 1. The molecule has 2 rings (SSSR count). The van der Waals surface area contributed by atoms with Gasteiger partial charge in [0.05, 0.1) is 0 Å². The average Bonchev–Trinajstić information content (AvgIpc) is 2.44. The normalized spacial score (nSPS) is 25.3. The second kappa shape index (κ2) is 6.71. The Morgan fingerprint density at radius 3 is 2.32 bits per heavy atom. The van der Waals surface area contributed by atoms with E-state index >= 15 is 0 Å². The Kier molecular flexibility index (Phi) is 5.14. The molecule has 0 radical (unpaired) electrons. The second-order valence-corrected chi connectivity index (χ2v) is 6.68. The van der Waals surface area contributed by atoms with Gasteiger partial charge in [0, 0.05) is 23.7 Å². The zero-order valence-corrected chi connectivity index (χ0v) is 13.1. The highest BCUT2D eigenvalue weighted by Crippen LogP contribution is 2.38. The maximum Gasteiger partial charge on any atom is 0.227 e. The first-order valence-corrected chi connectivity index (χ1v) is 7.75. The summed E-state index contributed by atoms with van der Waals surface area (Å²) in [7, 11) is 0. The van der Waals surface area contributed by atoms with Gasteiger partial charge in [0.1, 0.15) is 0 Å². The molecule has 0 aromatic heterocycles. The van der Waals surface area contributed by atoms with E-state index in [-0.39, 0.29) is 23.4 Å². The van der Waals surface area contributed by atoms with Gasteiger partial charge in [-0.2, -0.15) is 0 Å². The Bertz CT molecular complexity index is 536. The van der Waals surface area contributed by atoms with E-state index in [2.05, 4.69) is 26.1 Å². The van der Waals surface area contributed by atoms with Gasteiger partial charge in [-0.3, -0.25) is 4.79 Å². The van der Waals surface area contributed by atoms with Crippen LogP contribution in [0.3, 0.4) is 0 Å². The first kappa shape index (κ1) is 16.8. The first-order valence-electron chi connectivity index (χ1n) is 7.75. The van der Waals surface area contributed by atoms with Crippen LogP contribution in [0.15, 0.2) is 12.1 Å². The van der Waals surface area contributed by atoms with E-state index in [1.807, 2.05) is 0 Å². The highest BCUT2D eigenvalue weighted by Gasteiger charge is 2.35. The predicted molar refractivity (Wildman–Crippen MR) is 79.8 cm³/mol. The molecule has 1 aliphatic carbocycles. The van der Waals surface area contributed by atoms with Crippen molar-refractivity contribution in [2.45, 2.75) is 40.0 Å². The molecule has 1 aromatic rings. The Morgan fingerprint density at radius 1 is 1.18 bits per heavy atom. The Labute approximate surface area is 129 Å². The van der Waals surface area contributed by atoms with Crippen molar-refractivity contribution >= 4 is 11.6 Å². The summed E-state index contributed by atoms with van der Waals surface area (Å²) in [6.45, 7) is 6.27. The minimum absolute atomic E-state index is 0.0397. The van der Waals surface area contributed by atoms with Gasteiger partial charge >= 0.3 is 0 Å². The summed E-state index contributed by atoms with van der Waals surface area (Å²) in [6.07, 6.45) is 2.83. The average molecular weight is 313 g/mol. The SMILES string of the molecule is CC(C)[C@@H]1CC[C@@H](C)C[C@H]1C(=O)Nc1cc(F)c(F)c(F)c1. The van der Waals surface area contributed by atoms with Crippen LogP contribution in [0.25, 0.3) is 0 Å². The zero-order chi connectivity index (χ0) is 16.4. The van der Waals surface area contributed by atoms with Gasteiger partial charge in [-0.1, -0.05) is 27.2 Å². The highest BCUT2D eigenvalue weighted by atomic mass is 19.2. The third-order valence-electron chi connectivity index (χ3n) is 4.61. The summed E-state index contributed by atoms with van der Waals surface area (Å²) < 4.78 is 39.4. The van der Waals surface area contributed by atoms with Crippen LogP contribution in [-0.4, -0.2) is 5.91 Å². The van der Waals surface area contributed by atoms with E-state index in [0.717, 1.165) is 31.4 Å². The lowest BCUT2D eigenvalue weighted by Gasteiger charge is -2.36. The lowest BCUT2D eigenvalue weighted by Crippen LogP contribution is -2.36.